The van der Waals surface area contributed by atoms with E-state index in [9.17, 15) is 17.6 Å². The third kappa shape index (κ3) is 5.21. The molecule has 0 radical (unpaired) electrons. The van der Waals surface area contributed by atoms with Crippen LogP contribution in [0.4, 0.5) is 15.8 Å². The van der Waals surface area contributed by atoms with Gasteiger partial charge in [0, 0.05) is 44.0 Å². The Morgan fingerprint density at radius 3 is 2.42 bits per heavy atom. The minimum absolute atomic E-state index is 0.141. The molecule has 0 aliphatic heterocycles. The molecule has 31 heavy (non-hydrogen) atoms. The largest absolute Gasteiger partial charge is 0.373 e. The SMILES string of the molecule is C=CS(=O)(=O)Nc1ccc(Cc2ccc(F)cc2)c(-c2cc(N(C)C)c(=O)n(C)c2)c1. The van der Waals surface area contributed by atoms with Crippen LogP contribution in [0.15, 0.2) is 71.5 Å². The van der Waals surface area contributed by atoms with E-state index < -0.39 is 10.0 Å². The Labute approximate surface area is 181 Å². The van der Waals surface area contributed by atoms with Gasteiger partial charge in [-0.2, -0.15) is 0 Å². The lowest BCUT2D eigenvalue weighted by Gasteiger charge is -2.18. The molecule has 6 nitrogen and oxygen atoms in total. The first kappa shape index (κ1) is 22.3. The zero-order chi connectivity index (χ0) is 22.8. The van der Waals surface area contributed by atoms with Crippen LogP contribution in [0.2, 0.25) is 0 Å². The summed E-state index contributed by atoms with van der Waals surface area (Å²) in [7, 11) is 1.57. The van der Waals surface area contributed by atoms with Gasteiger partial charge in [-0.3, -0.25) is 9.52 Å². The summed E-state index contributed by atoms with van der Waals surface area (Å²) < 4.78 is 41.2. The second-order valence-corrected chi connectivity index (χ2v) is 9.04. The summed E-state index contributed by atoms with van der Waals surface area (Å²) in [6, 6.07) is 13.2. The number of hydrogen-bond acceptors (Lipinski definition) is 4. The molecule has 0 bridgehead atoms. The Morgan fingerprint density at radius 1 is 1.13 bits per heavy atom. The fourth-order valence-corrected chi connectivity index (χ4v) is 3.79. The van der Waals surface area contributed by atoms with Crippen molar-refractivity contribution in [3.05, 3.63) is 94.0 Å². The molecule has 0 saturated carbocycles. The first-order valence-electron chi connectivity index (χ1n) is 9.50. The van der Waals surface area contributed by atoms with Crippen LogP contribution in [0.5, 0.6) is 0 Å². The molecule has 0 fully saturated rings. The zero-order valence-corrected chi connectivity index (χ0v) is 18.4. The van der Waals surface area contributed by atoms with Gasteiger partial charge in [-0.25, -0.2) is 12.8 Å². The third-order valence-electron chi connectivity index (χ3n) is 4.85. The van der Waals surface area contributed by atoms with E-state index in [1.807, 2.05) is 6.07 Å². The van der Waals surface area contributed by atoms with E-state index >= 15 is 0 Å². The van der Waals surface area contributed by atoms with Crippen molar-refractivity contribution in [3.8, 4) is 11.1 Å². The molecule has 162 valence electrons. The van der Waals surface area contributed by atoms with Gasteiger partial charge in [0.2, 0.25) is 0 Å². The number of nitrogens with zero attached hydrogens (tertiary/aromatic N) is 2. The van der Waals surface area contributed by atoms with Crippen LogP contribution < -0.4 is 15.2 Å². The number of halogens is 1. The zero-order valence-electron chi connectivity index (χ0n) is 17.6. The molecule has 3 aromatic rings. The van der Waals surface area contributed by atoms with Crippen LogP contribution in [-0.4, -0.2) is 27.1 Å². The molecule has 1 heterocycles. The third-order valence-corrected chi connectivity index (χ3v) is 5.81. The predicted molar refractivity (Wildman–Crippen MR) is 123 cm³/mol. The van der Waals surface area contributed by atoms with Gasteiger partial charge in [-0.05, 0) is 53.4 Å². The second kappa shape index (κ2) is 8.77. The lowest BCUT2D eigenvalue weighted by atomic mass is 9.95. The number of rotatable bonds is 7. The smallest absolute Gasteiger partial charge is 0.273 e. The van der Waals surface area contributed by atoms with E-state index in [-0.39, 0.29) is 11.4 Å². The molecule has 1 aromatic heterocycles. The number of aryl methyl sites for hydroxylation is 1. The molecule has 0 aliphatic rings. The number of nitrogens with one attached hydrogen (secondary N) is 1. The molecule has 3 rings (SSSR count). The Kier molecular flexibility index (Phi) is 6.31. The van der Waals surface area contributed by atoms with Gasteiger partial charge < -0.3 is 9.47 Å². The maximum absolute atomic E-state index is 13.3. The van der Waals surface area contributed by atoms with Crippen molar-refractivity contribution in [1.82, 2.24) is 4.57 Å². The van der Waals surface area contributed by atoms with Gasteiger partial charge >= 0.3 is 0 Å². The van der Waals surface area contributed by atoms with Crippen LogP contribution in [0.25, 0.3) is 11.1 Å². The van der Waals surface area contributed by atoms with Crippen LogP contribution in [0, 0.1) is 5.82 Å². The molecule has 1 N–H and O–H groups in total. The Hall–Kier alpha value is -3.39. The lowest BCUT2D eigenvalue weighted by Crippen LogP contribution is -2.25. The Bertz CT molecular complexity index is 1280. The number of aromatic nitrogens is 1. The number of hydrogen-bond donors (Lipinski definition) is 1. The van der Waals surface area contributed by atoms with Gasteiger partial charge in [-0.1, -0.05) is 24.8 Å². The highest BCUT2D eigenvalue weighted by Crippen LogP contribution is 2.30. The van der Waals surface area contributed by atoms with E-state index in [0.717, 1.165) is 27.7 Å². The molecule has 0 atom stereocenters. The maximum atomic E-state index is 13.3. The van der Waals surface area contributed by atoms with Crippen molar-refractivity contribution in [2.45, 2.75) is 6.42 Å². The summed E-state index contributed by atoms with van der Waals surface area (Å²) in [5.41, 5.74) is 4.05. The Morgan fingerprint density at radius 2 is 1.81 bits per heavy atom. The molecule has 8 heteroatoms. The summed E-state index contributed by atoms with van der Waals surface area (Å²) in [6.07, 6.45) is 2.22. The molecule has 0 aliphatic carbocycles. The fraction of sp³-hybridized carbons (Fsp3) is 0.174. The molecule has 0 unspecified atom stereocenters. The maximum Gasteiger partial charge on any atom is 0.273 e. The van der Waals surface area contributed by atoms with Gasteiger partial charge in [0.05, 0.1) is 0 Å². The average Bonchev–Trinajstić information content (AvgIpc) is 2.72. The highest BCUT2D eigenvalue weighted by atomic mass is 32.2. The van der Waals surface area contributed by atoms with Crippen LogP contribution in [0.3, 0.4) is 0 Å². The van der Waals surface area contributed by atoms with Gasteiger partial charge in [-0.15, -0.1) is 0 Å². The minimum Gasteiger partial charge on any atom is -0.373 e. The molecular formula is C23H24FN3O3S. The van der Waals surface area contributed by atoms with Crippen molar-refractivity contribution in [2.24, 2.45) is 7.05 Å². The molecule has 0 amide bonds. The highest BCUT2D eigenvalue weighted by molar-refractivity contribution is 7.95. The van der Waals surface area contributed by atoms with Crippen molar-refractivity contribution < 1.29 is 12.8 Å². The van der Waals surface area contributed by atoms with E-state index in [4.69, 9.17) is 0 Å². The van der Waals surface area contributed by atoms with Crippen molar-refractivity contribution in [3.63, 3.8) is 0 Å². The number of sulfonamides is 1. The first-order valence-corrected chi connectivity index (χ1v) is 11.1. The summed E-state index contributed by atoms with van der Waals surface area (Å²) in [4.78, 5) is 14.2. The standard InChI is InChI=1S/C23H24FN3O3S/c1-5-31(29,30)25-20-11-8-17(12-16-6-9-19(24)10-7-16)21(14-20)18-13-22(26(2)3)23(28)27(4)15-18/h5-11,13-15,25H,1,12H2,2-4H3. The molecule has 2 aromatic carbocycles. The fourth-order valence-electron chi connectivity index (χ4n) is 3.25. The molecular weight excluding hydrogens is 417 g/mol. The van der Waals surface area contributed by atoms with Crippen molar-refractivity contribution in [1.29, 1.82) is 0 Å². The monoisotopic (exact) mass is 441 g/mol. The highest BCUT2D eigenvalue weighted by Gasteiger charge is 2.14. The topological polar surface area (TPSA) is 71.4 Å². The first-order chi connectivity index (χ1) is 14.6. The van der Waals surface area contributed by atoms with Gasteiger partial charge in [0.15, 0.2) is 0 Å². The number of benzene rings is 2. The second-order valence-electron chi connectivity index (χ2n) is 7.41. The lowest BCUT2D eigenvalue weighted by molar-refractivity contribution is 0.609. The summed E-state index contributed by atoms with van der Waals surface area (Å²) in [5.74, 6) is -0.313. The quantitative estimate of drug-likeness (QED) is 0.607. The number of pyridine rings is 1. The Balaban J connectivity index is 2.17. The summed E-state index contributed by atoms with van der Waals surface area (Å²) in [5, 5.41) is 0.843. The van der Waals surface area contributed by atoms with Crippen LogP contribution >= 0.6 is 0 Å². The molecule has 0 saturated heterocycles. The minimum atomic E-state index is -3.68. The van der Waals surface area contributed by atoms with Crippen molar-refractivity contribution in [2.75, 3.05) is 23.7 Å². The predicted octanol–water partition coefficient (Wildman–Crippen LogP) is 3.73. The van der Waals surface area contributed by atoms with Gasteiger partial charge in [0.1, 0.15) is 11.5 Å². The average molecular weight is 442 g/mol. The summed E-state index contributed by atoms with van der Waals surface area (Å²) >= 11 is 0. The normalized spacial score (nSPS) is 11.2. The van der Waals surface area contributed by atoms with Gasteiger partial charge in [0.25, 0.3) is 15.6 Å². The molecule has 0 spiro atoms. The number of anilines is 2. The van der Waals surface area contributed by atoms with E-state index in [2.05, 4.69) is 11.3 Å². The van der Waals surface area contributed by atoms with E-state index in [1.165, 1.54) is 16.7 Å². The van der Waals surface area contributed by atoms with Crippen molar-refractivity contribution >= 4 is 21.4 Å². The van der Waals surface area contributed by atoms with E-state index in [1.54, 1.807) is 62.6 Å². The summed E-state index contributed by atoms with van der Waals surface area (Å²) in [6.45, 7) is 3.32. The van der Waals surface area contributed by atoms with Crippen LogP contribution in [-0.2, 0) is 23.5 Å². The van der Waals surface area contributed by atoms with Crippen LogP contribution in [0.1, 0.15) is 11.1 Å². The van der Waals surface area contributed by atoms with E-state index in [0.29, 0.717) is 17.8 Å².